The Bertz CT molecular complexity index is 801. The van der Waals surface area contributed by atoms with E-state index in [1.165, 1.54) is 40.2 Å². The van der Waals surface area contributed by atoms with Crippen molar-refractivity contribution in [3.63, 3.8) is 0 Å². The summed E-state index contributed by atoms with van der Waals surface area (Å²) in [4.78, 5) is 12.3. The molecule has 1 heterocycles. The van der Waals surface area contributed by atoms with Crippen LogP contribution >= 0.6 is 0 Å². The van der Waals surface area contributed by atoms with Gasteiger partial charge in [0.2, 0.25) is 0 Å². The van der Waals surface area contributed by atoms with Gasteiger partial charge in [-0.05, 0) is 20.8 Å². The van der Waals surface area contributed by atoms with Gasteiger partial charge in [0.05, 0.1) is 25.4 Å². The van der Waals surface area contributed by atoms with Crippen LogP contribution in [0.3, 0.4) is 0 Å². The first-order chi connectivity index (χ1) is 11.1. The van der Waals surface area contributed by atoms with Gasteiger partial charge in [-0.2, -0.15) is 0 Å². The van der Waals surface area contributed by atoms with E-state index in [4.69, 9.17) is 13.9 Å². The Labute approximate surface area is 139 Å². The first-order valence-corrected chi connectivity index (χ1v) is 7.39. The number of aliphatic hydroxyl groups is 3. The molecule has 2 atom stereocenters. The van der Waals surface area contributed by atoms with Crippen molar-refractivity contribution in [3.05, 3.63) is 33.7 Å². The topological polar surface area (TPSA) is 109 Å². The first-order valence-electron chi connectivity index (χ1n) is 7.39. The van der Waals surface area contributed by atoms with Crippen molar-refractivity contribution < 1.29 is 29.2 Å². The Morgan fingerprint density at radius 3 is 2.21 bits per heavy atom. The fourth-order valence-corrected chi connectivity index (χ4v) is 2.57. The van der Waals surface area contributed by atoms with Crippen molar-refractivity contribution in [3.8, 4) is 11.5 Å². The second-order valence-electron chi connectivity index (χ2n) is 6.16. The molecule has 0 saturated heterocycles. The molecule has 1 aromatic heterocycles. The van der Waals surface area contributed by atoms with E-state index in [-0.39, 0.29) is 33.5 Å². The van der Waals surface area contributed by atoms with E-state index in [2.05, 4.69) is 0 Å². The van der Waals surface area contributed by atoms with Crippen molar-refractivity contribution in [2.45, 2.75) is 38.6 Å². The molecule has 0 aliphatic carbocycles. The zero-order valence-corrected chi connectivity index (χ0v) is 14.3. The fourth-order valence-electron chi connectivity index (χ4n) is 2.57. The fraction of sp³-hybridized carbons (Fsp3) is 0.471. The Hall–Kier alpha value is -2.09. The van der Waals surface area contributed by atoms with Crippen molar-refractivity contribution in [2.24, 2.45) is 0 Å². The molecule has 7 heteroatoms. The van der Waals surface area contributed by atoms with Crippen LogP contribution in [-0.4, -0.2) is 41.2 Å². The van der Waals surface area contributed by atoms with Crippen molar-refractivity contribution >= 4 is 11.0 Å². The monoisotopic (exact) mass is 338 g/mol. The summed E-state index contributed by atoms with van der Waals surface area (Å²) >= 11 is 0. The number of hydrogen-bond acceptors (Lipinski definition) is 7. The zero-order chi connectivity index (χ0) is 18.2. The lowest BCUT2D eigenvalue weighted by Crippen LogP contribution is -2.40. The van der Waals surface area contributed by atoms with Gasteiger partial charge in [-0.15, -0.1) is 0 Å². The molecule has 0 bridgehead atoms. The Balaban J connectivity index is 2.88. The van der Waals surface area contributed by atoms with Crippen LogP contribution in [0, 0.1) is 6.92 Å². The summed E-state index contributed by atoms with van der Waals surface area (Å²) in [6.45, 7) is 4.32. The van der Waals surface area contributed by atoms with E-state index in [0.717, 1.165) is 0 Å². The average Bonchev–Trinajstić information content (AvgIpc) is 2.50. The van der Waals surface area contributed by atoms with E-state index >= 15 is 0 Å². The predicted molar refractivity (Wildman–Crippen MR) is 87.6 cm³/mol. The van der Waals surface area contributed by atoms with Gasteiger partial charge in [-0.25, -0.2) is 0 Å². The molecule has 0 amide bonds. The summed E-state index contributed by atoms with van der Waals surface area (Å²) < 4.78 is 16.1. The van der Waals surface area contributed by atoms with E-state index in [0.29, 0.717) is 5.76 Å². The molecule has 0 aliphatic heterocycles. The molecule has 2 rings (SSSR count). The summed E-state index contributed by atoms with van der Waals surface area (Å²) in [7, 11) is 2.77. The van der Waals surface area contributed by atoms with E-state index < -0.39 is 17.8 Å². The SMILES string of the molecule is COc1cc(OC)c2c(=O)cc(C)oc2c1C(O)C(O)C(C)(C)O. The number of hydrogen-bond donors (Lipinski definition) is 3. The van der Waals surface area contributed by atoms with Crippen molar-refractivity contribution in [2.75, 3.05) is 14.2 Å². The van der Waals surface area contributed by atoms with Crippen LogP contribution in [0.15, 0.2) is 21.3 Å². The van der Waals surface area contributed by atoms with Crippen molar-refractivity contribution in [1.82, 2.24) is 0 Å². The molecule has 3 N–H and O–H groups in total. The molecule has 2 aromatic rings. The molecule has 24 heavy (non-hydrogen) atoms. The third-order valence-electron chi connectivity index (χ3n) is 3.85. The first kappa shape index (κ1) is 18.3. The normalized spacial score (nSPS) is 14.5. The maximum Gasteiger partial charge on any atom is 0.196 e. The number of aliphatic hydroxyl groups excluding tert-OH is 2. The lowest BCUT2D eigenvalue weighted by Gasteiger charge is -2.30. The molecular weight excluding hydrogens is 316 g/mol. The maximum atomic E-state index is 12.3. The van der Waals surface area contributed by atoms with Gasteiger partial charge in [0.15, 0.2) is 11.0 Å². The summed E-state index contributed by atoms with van der Waals surface area (Å²) in [5.74, 6) is 0.724. The van der Waals surface area contributed by atoms with Crippen LogP contribution < -0.4 is 14.9 Å². The molecule has 1 aromatic carbocycles. The van der Waals surface area contributed by atoms with Crippen LogP contribution in [0.1, 0.15) is 31.3 Å². The molecule has 0 saturated carbocycles. The summed E-state index contributed by atoms with van der Waals surface area (Å²) in [6.07, 6.45) is -3.08. The van der Waals surface area contributed by atoms with Gasteiger partial charge in [-0.3, -0.25) is 4.79 Å². The number of aryl methyl sites for hydroxylation is 1. The van der Waals surface area contributed by atoms with Gasteiger partial charge < -0.3 is 29.2 Å². The van der Waals surface area contributed by atoms with Gasteiger partial charge >= 0.3 is 0 Å². The highest BCUT2D eigenvalue weighted by atomic mass is 16.5. The van der Waals surface area contributed by atoms with Gasteiger partial charge in [0.25, 0.3) is 0 Å². The van der Waals surface area contributed by atoms with Crippen molar-refractivity contribution in [1.29, 1.82) is 0 Å². The quantitative estimate of drug-likeness (QED) is 0.753. The lowest BCUT2D eigenvalue weighted by molar-refractivity contribution is -0.107. The average molecular weight is 338 g/mol. The predicted octanol–water partition coefficient (Wildman–Crippen LogP) is 1.28. The molecule has 0 radical (unpaired) electrons. The zero-order valence-electron chi connectivity index (χ0n) is 14.3. The Morgan fingerprint density at radius 2 is 1.71 bits per heavy atom. The molecule has 2 unspecified atom stereocenters. The van der Waals surface area contributed by atoms with Crippen LogP contribution in [-0.2, 0) is 0 Å². The number of benzene rings is 1. The molecule has 0 spiro atoms. The minimum Gasteiger partial charge on any atom is -0.496 e. The smallest absolute Gasteiger partial charge is 0.196 e. The van der Waals surface area contributed by atoms with E-state index in [1.807, 2.05) is 0 Å². The maximum absolute atomic E-state index is 12.3. The third kappa shape index (κ3) is 3.10. The number of ether oxygens (including phenoxy) is 2. The lowest BCUT2D eigenvalue weighted by atomic mass is 9.91. The minimum absolute atomic E-state index is 0.0481. The highest BCUT2D eigenvalue weighted by Gasteiger charge is 2.36. The van der Waals surface area contributed by atoms with E-state index in [1.54, 1.807) is 6.92 Å². The summed E-state index contributed by atoms with van der Waals surface area (Å²) in [5, 5.41) is 31.0. The third-order valence-corrected chi connectivity index (χ3v) is 3.85. The van der Waals surface area contributed by atoms with Crippen LogP contribution in [0.25, 0.3) is 11.0 Å². The van der Waals surface area contributed by atoms with Gasteiger partial charge in [0.1, 0.15) is 34.9 Å². The molecule has 7 nitrogen and oxygen atoms in total. The second-order valence-corrected chi connectivity index (χ2v) is 6.16. The highest BCUT2D eigenvalue weighted by molar-refractivity contribution is 5.89. The number of methoxy groups -OCH3 is 2. The molecule has 132 valence electrons. The van der Waals surface area contributed by atoms with Gasteiger partial charge in [0, 0.05) is 12.1 Å². The minimum atomic E-state index is -1.58. The summed E-state index contributed by atoms with van der Waals surface area (Å²) in [6, 6.07) is 2.74. The highest BCUT2D eigenvalue weighted by Crippen LogP contribution is 2.40. The molecule has 0 aliphatic rings. The number of rotatable bonds is 5. The Kier molecular flexibility index (Phi) is 4.89. The second kappa shape index (κ2) is 6.43. The molecular formula is C17H22O7. The van der Waals surface area contributed by atoms with Crippen LogP contribution in [0.2, 0.25) is 0 Å². The summed E-state index contributed by atoms with van der Waals surface area (Å²) in [5.41, 5.74) is -1.81. The van der Waals surface area contributed by atoms with E-state index in [9.17, 15) is 20.1 Å². The Morgan fingerprint density at radius 1 is 1.12 bits per heavy atom. The standard InChI is InChI=1S/C17H22O7/c1-8-6-9(18)12-10(22-4)7-11(23-5)13(15(12)24-8)14(19)16(20)17(2,3)21/h6-7,14,16,19-21H,1-5H3. The molecule has 0 fully saturated rings. The van der Waals surface area contributed by atoms with Crippen LogP contribution in [0.4, 0.5) is 0 Å². The number of fused-ring (bicyclic) bond motifs is 1. The van der Waals surface area contributed by atoms with Crippen LogP contribution in [0.5, 0.6) is 11.5 Å². The van der Waals surface area contributed by atoms with Gasteiger partial charge in [-0.1, -0.05) is 0 Å². The largest absolute Gasteiger partial charge is 0.496 e.